The molecule has 1 aromatic heterocycles. The summed E-state index contributed by atoms with van der Waals surface area (Å²) in [6.45, 7) is 1.51. The van der Waals surface area contributed by atoms with E-state index in [2.05, 4.69) is 17.2 Å². The zero-order chi connectivity index (χ0) is 31.8. The van der Waals surface area contributed by atoms with E-state index in [9.17, 15) is 14.2 Å². The van der Waals surface area contributed by atoms with Crippen LogP contribution in [0.3, 0.4) is 0 Å². The molecule has 3 heterocycles. The first kappa shape index (κ1) is 31.2. The van der Waals surface area contributed by atoms with Crippen LogP contribution in [-0.4, -0.2) is 54.8 Å². The first-order valence-corrected chi connectivity index (χ1v) is 16.5. The number of fused-ring (bicyclic) bond motifs is 2. The molecule has 3 unspecified atom stereocenters. The fraction of sp³-hybridized carbons (Fsp3) is 0.312. The smallest absolute Gasteiger partial charge is 0.497 e. The number of nitrogens with one attached hydrogen (secondary N) is 1. The largest absolute Gasteiger partial charge is 0.582 e. The van der Waals surface area contributed by atoms with Crippen molar-refractivity contribution >= 4 is 19.5 Å². The predicted molar refractivity (Wildman–Crippen MR) is 168 cm³/mol. The maximum Gasteiger partial charge on any atom is 0.582 e. The van der Waals surface area contributed by atoms with E-state index in [0.717, 1.165) is 16.7 Å². The summed E-state index contributed by atoms with van der Waals surface area (Å²) in [7, 11) is 0.814. The van der Waals surface area contributed by atoms with Gasteiger partial charge in [-0.3, -0.25) is 14.3 Å². The second-order valence-electron chi connectivity index (χ2n) is 10.9. The molecule has 0 aliphatic carbocycles. The number of benzene rings is 3. The quantitative estimate of drug-likeness (QED) is 0.137. The molecule has 0 amide bonds. The van der Waals surface area contributed by atoms with Crippen molar-refractivity contribution in [2.24, 2.45) is 0 Å². The van der Waals surface area contributed by atoms with Crippen molar-refractivity contribution in [2.75, 3.05) is 27.4 Å². The lowest BCUT2D eigenvalue weighted by Gasteiger charge is -2.39. The Balaban J connectivity index is 1.47. The van der Waals surface area contributed by atoms with Gasteiger partial charge in [-0.15, -0.1) is 4.52 Å². The summed E-state index contributed by atoms with van der Waals surface area (Å²) in [5, 5.41) is 0. The van der Waals surface area contributed by atoms with Gasteiger partial charge in [0.1, 0.15) is 35.5 Å². The first-order chi connectivity index (χ1) is 21.7. The Hall–Kier alpha value is -3.77. The minimum Gasteiger partial charge on any atom is -0.497 e. The highest BCUT2D eigenvalue weighted by atomic mass is 32.7. The van der Waals surface area contributed by atoms with Crippen molar-refractivity contribution in [3.05, 3.63) is 128 Å². The Morgan fingerprint density at radius 1 is 0.956 bits per heavy atom. The molecule has 1 N–H and O–H groups in total. The van der Waals surface area contributed by atoms with E-state index < -0.39 is 48.1 Å². The van der Waals surface area contributed by atoms with Gasteiger partial charge in [-0.2, -0.15) is 0 Å². The molecule has 5 atom stereocenters. The van der Waals surface area contributed by atoms with Gasteiger partial charge in [0.25, 0.3) is 5.56 Å². The van der Waals surface area contributed by atoms with Crippen molar-refractivity contribution < 1.29 is 32.8 Å². The summed E-state index contributed by atoms with van der Waals surface area (Å²) in [4.78, 5) is 27.3. The van der Waals surface area contributed by atoms with E-state index in [1.165, 1.54) is 10.8 Å². The molecule has 2 bridgehead atoms. The van der Waals surface area contributed by atoms with Gasteiger partial charge in [0.2, 0.25) is 0 Å². The average Bonchev–Trinajstić information content (AvgIpc) is 3.54. The highest BCUT2D eigenvalue weighted by Crippen LogP contribution is 2.52. The lowest BCUT2D eigenvalue weighted by Crippen LogP contribution is -2.49. The van der Waals surface area contributed by atoms with Gasteiger partial charge in [-0.1, -0.05) is 54.6 Å². The number of methoxy groups -OCH3 is 2. The number of hydrogen-bond donors (Lipinski definition) is 2. The molecule has 2 aliphatic rings. The molecule has 45 heavy (non-hydrogen) atoms. The molecule has 6 rings (SSSR count). The number of nitrogens with zero attached hydrogens (tertiary/aromatic N) is 1. The minimum atomic E-state index is -2.39. The number of aromatic nitrogens is 2. The summed E-state index contributed by atoms with van der Waals surface area (Å²) in [6, 6.07) is 24.9. The van der Waals surface area contributed by atoms with Crippen LogP contribution in [0.15, 0.2) is 94.6 Å². The number of rotatable bonds is 11. The van der Waals surface area contributed by atoms with Crippen LogP contribution >= 0.6 is 19.5 Å². The van der Waals surface area contributed by atoms with Crippen LogP contribution < -0.4 is 20.7 Å². The molecule has 2 fully saturated rings. The molecule has 4 aromatic rings. The van der Waals surface area contributed by atoms with Crippen molar-refractivity contribution in [1.82, 2.24) is 9.55 Å². The van der Waals surface area contributed by atoms with Gasteiger partial charge >= 0.3 is 12.9 Å². The number of aromatic amines is 1. The van der Waals surface area contributed by atoms with Gasteiger partial charge < -0.3 is 23.7 Å². The highest BCUT2D eigenvalue weighted by molar-refractivity contribution is 8.39. The second kappa shape index (κ2) is 12.6. The molecule has 0 spiro atoms. The normalized spacial score (nSPS) is 22.8. The third kappa shape index (κ3) is 5.63. The summed E-state index contributed by atoms with van der Waals surface area (Å²) in [5.74, 6) is 1.35. The van der Waals surface area contributed by atoms with Crippen LogP contribution in [0, 0.1) is 6.92 Å². The molecule has 3 aromatic carbocycles. The standard InChI is InChI=1S/C32H31N2O9PS/c1-20-17-34(30(36)33-28(20)35)29-26-27(43-44(37)45)31(42-29,18-40-26)19-41-32(21-7-5-4-6-8-21,22-9-13-24(38-2)14-10-22)23-11-15-25(39-3)16-12-23/h4-17,26-27,29H,18-19H2,1-3H3,(H-,33,35,36,37,45)/p+1/t26?,27?,29-,31-/m1/s1. The maximum absolute atomic E-state index is 12.9. The molecule has 2 saturated heterocycles. The number of H-pyrrole nitrogens is 1. The van der Waals surface area contributed by atoms with Gasteiger partial charge in [-0.25, -0.2) is 4.79 Å². The van der Waals surface area contributed by atoms with Crippen LogP contribution in [0.2, 0.25) is 0 Å². The fourth-order valence-corrected chi connectivity index (χ4v) is 6.86. The van der Waals surface area contributed by atoms with Crippen molar-refractivity contribution in [2.45, 2.75) is 36.6 Å². The van der Waals surface area contributed by atoms with E-state index in [1.807, 2.05) is 78.9 Å². The van der Waals surface area contributed by atoms with E-state index in [1.54, 1.807) is 21.1 Å². The van der Waals surface area contributed by atoms with Crippen LogP contribution in [0.25, 0.3) is 0 Å². The van der Waals surface area contributed by atoms with E-state index >= 15 is 0 Å². The zero-order valence-electron chi connectivity index (χ0n) is 24.7. The number of thiol groups is 1. The molecular formula is C32H32N2O9PS+. The Morgan fingerprint density at radius 2 is 1.53 bits per heavy atom. The van der Waals surface area contributed by atoms with Crippen LogP contribution in [0.4, 0.5) is 0 Å². The maximum atomic E-state index is 12.9. The number of aryl methyl sites for hydroxylation is 1. The minimum absolute atomic E-state index is 0.0307. The Kier molecular flexibility index (Phi) is 8.71. The number of ether oxygens (including phenoxy) is 5. The number of hydrogen-bond acceptors (Lipinski definition) is 9. The van der Waals surface area contributed by atoms with Crippen LogP contribution in [0.5, 0.6) is 11.5 Å². The van der Waals surface area contributed by atoms with Crippen LogP contribution in [-0.2, 0) is 28.9 Å². The molecule has 234 valence electrons. The van der Waals surface area contributed by atoms with E-state index in [0.29, 0.717) is 17.1 Å². The van der Waals surface area contributed by atoms with Crippen molar-refractivity contribution in [3.63, 3.8) is 0 Å². The summed E-state index contributed by atoms with van der Waals surface area (Å²) >= 11 is 4.02. The van der Waals surface area contributed by atoms with E-state index in [-0.39, 0.29) is 13.2 Å². The summed E-state index contributed by atoms with van der Waals surface area (Å²) in [6.07, 6.45) is -1.34. The average molecular weight is 652 g/mol. The van der Waals surface area contributed by atoms with Gasteiger partial charge in [0.15, 0.2) is 17.9 Å². The van der Waals surface area contributed by atoms with Crippen molar-refractivity contribution in [3.8, 4) is 11.5 Å². The molecule has 2 aliphatic heterocycles. The van der Waals surface area contributed by atoms with E-state index in [4.69, 9.17) is 28.2 Å². The third-order valence-corrected chi connectivity index (χ3v) is 8.99. The SMILES string of the molecule is COc1ccc(C(OC[C@]23COC(C2O[P+](=O)S)[C@H](n2cc(C)c(=O)[nH]c2=O)O3)(c2ccccc2)c2ccc(OC)cc2)cc1. The van der Waals surface area contributed by atoms with Crippen LogP contribution in [0.1, 0.15) is 28.5 Å². The molecule has 13 heteroatoms. The molecule has 11 nitrogen and oxygen atoms in total. The Bertz CT molecular complexity index is 1750. The monoisotopic (exact) mass is 651 g/mol. The van der Waals surface area contributed by atoms with Gasteiger partial charge in [0.05, 0.1) is 27.4 Å². The van der Waals surface area contributed by atoms with Crippen molar-refractivity contribution in [1.29, 1.82) is 0 Å². The zero-order valence-corrected chi connectivity index (χ0v) is 26.5. The topological polar surface area (TPSA) is 127 Å². The second-order valence-corrected chi connectivity index (χ2v) is 12.6. The third-order valence-electron chi connectivity index (χ3n) is 8.30. The molecular weight excluding hydrogens is 619 g/mol. The Morgan fingerprint density at radius 3 is 2.09 bits per heavy atom. The molecule has 0 saturated carbocycles. The summed E-state index contributed by atoms with van der Waals surface area (Å²) in [5.41, 5.74) is -0.933. The fourth-order valence-electron chi connectivity index (χ4n) is 6.05. The lowest BCUT2D eigenvalue weighted by atomic mass is 9.79. The summed E-state index contributed by atoms with van der Waals surface area (Å²) < 4.78 is 50.1. The predicted octanol–water partition coefficient (Wildman–Crippen LogP) is 4.51. The highest BCUT2D eigenvalue weighted by Gasteiger charge is 2.66. The first-order valence-electron chi connectivity index (χ1n) is 14.1. The molecule has 0 radical (unpaired) electrons. The lowest BCUT2D eigenvalue weighted by molar-refractivity contribution is -0.203. The van der Waals surface area contributed by atoms with Gasteiger partial charge in [0, 0.05) is 11.8 Å². The Labute approximate surface area is 265 Å². The van der Waals surface area contributed by atoms with Gasteiger partial charge in [-0.05, 0) is 52.4 Å².